The fourth-order valence-corrected chi connectivity index (χ4v) is 3.99. The third-order valence-electron chi connectivity index (χ3n) is 5.40. The second-order valence-corrected chi connectivity index (χ2v) is 6.85. The molecular formula is C18H21N3O4. The van der Waals surface area contributed by atoms with Crippen molar-refractivity contribution in [2.24, 2.45) is 0 Å². The number of carbonyl (C=O) groups is 3. The van der Waals surface area contributed by atoms with Crippen LogP contribution in [0.3, 0.4) is 0 Å². The molecule has 25 heavy (non-hydrogen) atoms. The summed E-state index contributed by atoms with van der Waals surface area (Å²) in [5.74, 6) is -0.298. The number of morpholine rings is 1. The van der Waals surface area contributed by atoms with E-state index >= 15 is 0 Å². The van der Waals surface area contributed by atoms with Crippen LogP contribution in [0.5, 0.6) is 0 Å². The van der Waals surface area contributed by atoms with Crippen LogP contribution in [0.15, 0.2) is 24.3 Å². The summed E-state index contributed by atoms with van der Waals surface area (Å²) in [5.41, 5.74) is 0.336. The highest BCUT2D eigenvalue weighted by atomic mass is 16.5. The largest absolute Gasteiger partial charge is 0.378 e. The van der Waals surface area contributed by atoms with Crippen molar-refractivity contribution in [1.29, 1.82) is 0 Å². The van der Waals surface area contributed by atoms with Crippen LogP contribution in [0.2, 0.25) is 0 Å². The van der Waals surface area contributed by atoms with Crippen molar-refractivity contribution in [1.82, 2.24) is 9.80 Å². The Morgan fingerprint density at radius 2 is 1.92 bits per heavy atom. The molecule has 0 radical (unpaired) electrons. The minimum absolute atomic E-state index is 0.00808. The van der Waals surface area contributed by atoms with E-state index in [4.69, 9.17) is 4.74 Å². The van der Waals surface area contributed by atoms with E-state index in [0.717, 1.165) is 0 Å². The van der Waals surface area contributed by atoms with E-state index < -0.39 is 5.66 Å². The molecule has 1 unspecified atom stereocenters. The molecule has 2 fully saturated rings. The van der Waals surface area contributed by atoms with Gasteiger partial charge in [-0.05, 0) is 25.5 Å². The van der Waals surface area contributed by atoms with Gasteiger partial charge in [0.2, 0.25) is 11.8 Å². The van der Waals surface area contributed by atoms with Gasteiger partial charge in [-0.2, -0.15) is 0 Å². The van der Waals surface area contributed by atoms with Crippen LogP contribution in [0, 0.1) is 0 Å². The van der Waals surface area contributed by atoms with Gasteiger partial charge >= 0.3 is 0 Å². The van der Waals surface area contributed by atoms with Crippen molar-refractivity contribution in [3.8, 4) is 0 Å². The van der Waals surface area contributed by atoms with Crippen molar-refractivity contribution in [2.45, 2.75) is 25.4 Å². The zero-order valence-electron chi connectivity index (χ0n) is 14.2. The molecule has 7 nitrogen and oxygen atoms in total. The van der Waals surface area contributed by atoms with Crippen molar-refractivity contribution < 1.29 is 19.1 Å². The summed E-state index contributed by atoms with van der Waals surface area (Å²) < 4.78 is 5.28. The first-order valence-electron chi connectivity index (χ1n) is 8.62. The Bertz CT molecular complexity index is 744. The zero-order chi connectivity index (χ0) is 17.6. The number of nitrogens with zero attached hydrogens (tertiary/aromatic N) is 3. The third-order valence-corrected chi connectivity index (χ3v) is 5.40. The molecule has 3 aliphatic rings. The van der Waals surface area contributed by atoms with E-state index in [-0.39, 0.29) is 24.3 Å². The number of rotatable bonds is 2. The number of carbonyl (C=O) groups excluding carboxylic acids is 3. The highest BCUT2D eigenvalue weighted by Crippen LogP contribution is 2.43. The topological polar surface area (TPSA) is 70.2 Å². The number of amides is 3. The Labute approximate surface area is 146 Å². The maximum atomic E-state index is 13.1. The molecule has 4 rings (SSSR count). The molecule has 0 N–H and O–H groups in total. The molecule has 132 valence electrons. The number of benzene rings is 1. The zero-order valence-corrected chi connectivity index (χ0v) is 14.2. The van der Waals surface area contributed by atoms with E-state index in [1.54, 1.807) is 32.9 Å². The summed E-state index contributed by atoms with van der Waals surface area (Å²) in [6, 6.07) is 7.12. The first-order valence-corrected chi connectivity index (χ1v) is 8.62. The van der Waals surface area contributed by atoms with Gasteiger partial charge in [-0.25, -0.2) is 0 Å². The second kappa shape index (κ2) is 5.84. The molecular weight excluding hydrogens is 322 g/mol. The Balaban J connectivity index is 1.68. The number of anilines is 1. The Hall–Kier alpha value is -2.41. The predicted molar refractivity (Wildman–Crippen MR) is 90.0 cm³/mol. The number of hydrogen-bond donors (Lipinski definition) is 0. The minimum atomic E-state index is -0.787. The fourth-order valence-electron chi connectivity index (χ4n) is 3.99. The molecule has 3 aliphatic heterocycles. The van der Waals surface area contributed by atoms with Crippen molar-refractivity contribution in [3.63, 3.8) is 0 Å². The summed E-state index contributed by atoms with van der Waals surface area (Å²) in [5, 5.41) is 0. The molecule has 1 aromatic carbocycles. The number of para-hydroxylation sites is 1. The van der Waals surface area contributed by atoms with Gasteiger partial charge in [0.15, 0.2) is 0 Å². The van der Waals surface area contributed by atoms with Crippen LogP contribution in [-0.4, -0.2) is 66.0 Å². The minimum Gasteiger partial charge on any atom is -0.378 e. The van der Waals surface area contributed by atoms with Gasteiger partial charge in [-0.1, -0.05) is 12.1 Å². The van der Waals surface area contributed by atoms with E-state index in [1.165, 1.54) is 0 Å². The summed E-state index contributed by atoms with van der Waals surface area (Å²) >= 11 is 0. The highest BCUT2D eigenvalue weighted by Gasteiger charge is 2.53. The van der Waals surface area contributed by atoms with E-state index in [2.05, 4.69) is 0 Å². The molecule has 1 aromatic rings. The number of hydrogen-bond acceptors (Lipinski definition) is 4. The maximum Gasteiger partial charge on any atom is 0.258 e. The first kappa shape index (κ1) is 16.1. The molecule has 0 bridgehead atoms. The Morgan fingerprint density at radius 1 is 1.20 bits per heavy atom. The highest BCUT2D eigenvalue weighted by molar-refractivity contribution is 6.11. The molecule has 0 aromatic heterocycles. The third kappa shape index (κ3) is 2.41. The smallest absolute Gasteiger partial charge is 0.258 e. The number of fused-ring (bicyclic) bond motifs is 3. The van der Waals surface area contributed by atoms with E-state index in [9.17, 15) is 14.4 Å². The normalized spacial score (nSPS) is 25.9. The lowest BCUT2D eigenvalue weighted by Gasteiger charge is -2.48. The molecule has 1 atom stereocenters. The van der Waals surface area contributed by atoms with Gasteiger partial charge in [0.1, 0.15) is 12.2 Å². The van der Waals surface area contributed by atoms with Crippen LogP contribution in [0.4, 0.5) is 5.69 Å². The standard InChI is InChI=1S/C18H21N3O4/c1-18-7-6-15(22)21(18)14-5-3-2-4-13(14)17(24)20(18)12-16(23)19-8-10-25-11-9-19/h2-5H,6-12H2,1H3. The predicted octanol–water partition coefficient (Wildman–Crippen LogP) is 0.844. The summed E-state index contributed by atoms with van der Waals surface area (Å²) in [6.07, 6.45) is 0.905. The van der Waals surface area contributed by atoms with Crippen molar-refractivity contribution >= 4 is 23.4 Å². The van der Waals surface area contributed by atoms with Crippen LogP contribution >= 0.6 is 0 Å². The van der Waals surface area contributed by atoms with Gasteiger partial charge in [-0.3, -0.25) is 19.3 Å². The molecule has 3 heterocycles. The first-order chi connectivity index (χ1) is 12.0. The van der Waals surface area contributed by atoms with Gasteiger partial charge < -0.3 is 14.5 Å². The summed E-state index contributed by atoms with van der Waals surface area (Å²) in [4.78, 5) is 43.3. The molecule has 2 saturated heterocycles. The van der Waals surface area contributed by atoms with Crippen LogP contribution < -0.4 is 4.90 Å². The average Bonchev–Trinajstić information content (AvgIpc) is 2.95. The van der Waals surface area contributed by atoms with Gasteiger partial charge in [0.05, 0.1) is 24.5 Å². The van der Waals surface area contributed by atoms with E-state index in [0.29, 0.717) is 50.4 Å². The van der Waals surface area contributed by atoms with Crippen molar-refractivity contribution in [3.05, 3.63) is 29.8 Å². The quantitative estimate of drug-likeness (QED) is 0.798. The van der Waals surface area contributed by atoms with Gasteiger partial charge in [-0.15, -0.1) is 0 Å². The Morgan fingerprint density at radius 3 is 2.68 bits per heavy atom. The molecule has 0 spiro atoms. The molecule has 7 heteroatoms. The molecule has 3 amide bonds. The van der Waals surface area contributed by atoms with Crippen LogP contribution in [0.25, 0.3) is 0 Å². The van der Waals surface area contributed by atoms with Crippen LogP contribution in [0.1, 0.15) is 30.1 Å². The van der Waals surface area contributed by atoms with Crippen LogP contribution in [-0.2, 0) is 14.3 Å². The summed E-state index contributed by atoms with van der Waals surface area (Å²) in [7, 11) is 0. The molecule has 0 aliphatic carbocycles. The lowest BCUT2D eigenvalue weighted by atomic mass is 9.98. The van der Waals surface area contributed by atoms with E-state index in [1.807, 2.05) is 13.0 Å². The maximum absolute atomic E-state index is 13.1. The lowest BCUT2D eigenvalue weighted by Crippen LogP contribution is -2.64. The number of ether oxygens (including phenoxy) is 1. The SMILES string of the molecule is CC12CCC(=O)N1c1ccccc1C(=O)N2CC(=O)N1CCOCC1. The van der Waals surface area contributed by atoms with Crippen molar-refractivity contribution in [2.75, 3.05) is 37.7 Å². The fraction of sp³-hybridized carbons (Fsp3) is 0.500. The summed E-state index contributed by atoms with van der Waals surface area (Å²) in [6.45, 7) is 3.97. The molecule has 0 saturated carbocycles. The van der Waals surface area contributed by atoms with Gasteiger partial charge in [0, 0.05) is 19.5 Å². The Kier molecular flexibility index (Phi) is 3.76. The average molecular weight is 343 g/mol. The lowest BCUT2D eigenvalue weighted by molar-refractivity contribution is -0.137. The van der Waals surface area contributed by atoms with Gasteiger partial charge in [0.25, 0.3) is 5.91 Å². The second-order valence-electron chi connectivity index (χ2n) is 6.85. The monoisotopic (exact) mass is 343 g/mol.